The van der Waals surface area contributed by atoms with Crippen LogP contribution in [0.3, 0.4) is 0 Å². The van der Waals surface area contributed by atoms with E-state index < -0.39 is 0 Å². The lowest BCUT2D eigenvalue weighted by molar-refractivity contribution is -0.146. The largest absolute Gasteiger partial charge is 0.457 e. The number of esters is 1. The Balaban J connectivity index is 2.28. The van der Waals surface area contributed by atoms with Crippen molar-refractivity contribution in [3.8, 4) is 0 Å². The van der Waals surface area contributed by atoms with Gasteiger partial charge in [-0.25, -0.2) is 0 Å². The molecule has 0 amide bonds. The van der Waals surface area contributed by atoms with Crippen LogP contribution in [0.5, 0.6) is 0 Å². The molecule has 0 spiro atoms. The van der Waals surface area contributed by atoms with Gasteiger partial charge in [-0.15, -0.1) is 0 Å². The second-order valence-corrected chi connectivity index (χ2v) is 5.94. The van der Waals surface area contributed by atoms with E-state index in [0.717, 1.165) is 31.3 Å². The molecule has 1 aliphatic carbocycles. The average molecular weight is 234 g/mol. The van der Waals surface area contributed by atoms with Gasteiger partial charge < -0.3 is 4.74 Å². The van der Waals surface area contributed by atoms with E-state index in [1.54, 1.807) is 0 Å². The van der Waals surface area contributed by atoms with Crippen LogP contribution in [0, 0.1) is 11.3 Å². The molecule has 2 atom stereocenters. The molecule has 2 rings (SSSR count). The molecule has 2 aliphatic rings. The quantitative estimate of drug-likeness (QED) is 0.472. The maximum Gasteiger partial charge on any atom is 0.312 e. The topological polar surface area (TPSA) is 26.3 Å². The van der Waals surface area contributed by atoms with E-state index in [1.807, 2.05) is 13.8 Å². The number of allylic oxidation sites excluding steroid dienone is 2. The van der Waals surface area contributed by atoms with Crippen LogP contribution < -0.4 is 0 Å². The molecular formula is C15H22O2. The van der Waals surface area contributed by atoms with Gasteiger partial charge in [0.25, 0.3) is 0 Å². The van der Waals surface area contributed by atoms with Gasteiger partial charge in [0.1, 0.15) is 6.10 Å². The first-order valence-electron chi connectivity index (χ1n) is 6.47. The standard InChI is InChI=1S/C15H22O2/c1-10-6-5-7-11(2)13-12(9-8-10)15(3,4)14(16)17-13/h6,12-13H,2,5,7-9H2,1,3-4H3/b10-6-/t12-,13+/m0/s1. The molecule has 1 aliphatic heterocycles. The second-order valence-electron chi connectivity index (χ2n) is 5.94. The van der Waals surface area contributed by atoms with Crippen molar-refractivity contribution in [3.63, 3.8) is 0 Å². The minimum Gasteiger partial charge on any atom is -0.457 e. The van der Waals surface area contributed by atoms with Crippen molar-refractivity contribution in [1.82, 2.24) is 0 Å². The lowest BCUT2D eigenvalue weighted by atomic mass is 9.74. The molecule has 0 N–H and O–H groups in total. The summed E-state index contributed by atoms with van der Waals surface area (Å²) in [5, 5.41) is 0. The van der Waals surface area contributed by atoms with E-state index in [4.69, 9.17) is 4.74 Å². The van der Waals surface area contributed by atoms with Crippen LogP contribution in [0.4, 0.5) is 0 Å². The molecule has 1 heterocycles. The molecule has 2 nitrogen and oxygen atoms in total. The van der Waals surface area contributed by atoms with Crippen molar-refractivity contribution < 1.29 is 9.53 Å². The number of carbonyl (C=O) groups is 1. The van der Waals surface area contributed by atoms with Crippen LogP contribution in [0.1, 0.15) is 46.5 Å². The summed E-state index contributed by atoms with van der Waals surface area (Å²) in [6.45, 7) is 10.3. The SMILES string of the molecule is C=C1CC/C=C(/C)CC[C@H]2[C@@H]1OC(=O)C2(C)C. The van der Waals surface area contributed by atoms with E-state index in [0.29, 0.717) is 0 Å². The average Bonchev–Trinajstić information content (AvgIpc) is 2.50. The second kappa shape index (κ2) is 4.32. The third-order valence-electron chi connectivity index (χ3n) is 4.26. The number of hydrogen-bond donors (Lipinski definition) is 0. The van der Waals surface area contributed by atoms with E-state index >= 15 is 0 Å². The van der Waals surface area contributed by atoms with Gasteiger partial charge in [0.15, 0.2) is 0 Å². The molecule has 1 fully saturated rings. The van der Waals surface area contributed by atoms with E-state index in [1.165, 1.54) is 5.57 Å². The Morgan fingerprint density at radius 3 is 2.82 bits per heavy atom. The first-order chi connectivity index (χ1) is 7.93. The zero-order valence-electron chi connectivity index (χ0n) is 11.1. The zero-order chi connectivity index (χ0) is 12.6. The summed E-state index contributed by atoms with van der Waals surface area (Å²) in [5.74, 6) is 0.222. The van der Waals surface area contributed by atoms with Gasteiger partial charge in [0.2, 0.25) is 0 Å². The summed E-state index contributed by atoms with van der Waals surface area (Å²) >= 11 is 0. The molecule has 0 aromatic rings. The van der Waals surface area contributed by atoms with Crippen molar-refractivity contribution in [1.29, 1.82) is 0 Å². The van der Waals surface area contributed by atoms with Gasteiger partial charge in [-0.2, -0.15) is 0 Å². The number of carbonyl (C=O) groups excluding carboxylic acids is 1. The van der Waals surface area contributed by atoms with Gasteiger partial charge in [0.05, 0.1) is 5.41 Å². The summed E-state index contributed by atoms with van der Waals surface area (Å²) in [5.41, 5.74) is 2.14. The highest BCUT2D eigenvalue weighted by Crippen LogP contribution is 2.45. The van der Waals surface area contributed by atoms with Crippen molar-refractivity contribution in [2.24, 2.45) is 11.3 Å². The summed E-state index contributed by atoms with van der Waals surface area (Å²) in [7, 11) is 0. The third-order valence-corrected chi connectivity index (χ3v) is 4.26. The molecule has 0 aromatic heterocycles. The van der Waals surface area contributed by atoms with Crippen LogP contribution >= 0.6 is 0 Å². The Bertz CT molecular complexity index is 376. The highest BCUT2D eigenvalue weighted by Gasteiger charge is 2.51. The highest BCUT2D eigenvalue weighted by atomic mass is 16.6. The van der Waals surface area contributed by atoms with Gasteiger partial charge in [-0.05, 0) is 52.0 Å². The van der Waals surface area contributed by atoms with E-state index in [9.17, 15) is 4.79 Å². The fourth-order valence-corrected chi connectivity index (χ4v) is 2.89. The normalized spacial score (nSPS) is 36.1. The van der Waals surface area contributed by atoms with Gasteiger partial charge >= 0.3 is 5.97 Å². The van der Waals surface area contributed by atoms with Gasteiger partial charge in [-0.1, -0.05) is 18.2 Å². The summed E-state index contributed by atoms with van der Waals surface area (Å²) in [4.78, 5) is 11.9. The first-order valence-corrected chi connectivity index (χ1v) is 6.47. The van der Waals surface area contributed by atoms with Crippen LogP contribution in [0.15, 0.2) is 23.8 Å². The molecule has 0 bridgehead atoms. The van der Waals surface area contributed by atoms with Gasteiger partial charge in [0, 0.05) is 5.92 Å². The van der Waals surface area contributed by atoms with Crippen molar-refractivity contribution in [2.45, 2.75) is 52.6 Å². The summed E-state index contributed by atoms with van der Waals surface area (Å²) in [6.07, 6.45) is 6.27. The molecule has 0 saturated carbocycles. The molecule has 2 heteroatoms. The lowest BCUT2D eigenvalue weighted by Crippen LogP contribution is -2.29. The number of hydrogen-bond acceptors (Lipinski definition) is 2. The minimum absolute atomic E-state index is 0.0585. The van der Waals surface area contributed by atoms with Crippen LogP contribution in [0.2, 0.25) is 0 Å². The lowest BCUT2D eigenvalue weighted by Gasteiger charge is -2.25. The summed E-state index contributed by atoms with van der Waals surface area (Å²) < 4.78 is 5.56. The Kier molecular flexibility index (Phi) is 3.15. The van der Waals surface area contributed by atoms with Crippen molar-refractivity contribution in [2.75, 3.05) is 0 Å². The molecule has 0 radical (unpaired) electrons. The Hall–Kier alpha value is -1.05. The maximum atomic E-state index is 11.9. The maximum absolute atomic E-state index is 11.9. The predicted octanol–water partition coefficient (Wildman–Crippen LogP) is 3.63. The molecular weight excluding hydrogens is 212 g/mol. The van der Waals surface area contributed by atoms with Crippen molar-refractivity contribution >= 4 is 5.97 Å². The zero-order valence-corrected chi connectivity index (χ0v) is 11.1. The Labute approximate surface area is 104 Å². The monoisotopic (exact) mass is 234 g/mol. The third kappa shape index (κ3) is 2.18. The molecule has 1 saturated heterocycles. The van der Waals surface area contributed by atoms with E-state index in [-0.39, 0.29) is 23.4 Å². The number of ether oxygens (including phenoxy) is 1. The number of fused-ring (bicyclic) bond motifs is 1. The van der Waals surface area contributed by atoms with E-state index in [2.05, 4.69) is 19.6 Å². The molecule has 0 aromatic carbocycles. The Morgan fingerprint density at radius 2 is 2.12 bits per heavy atom. The highest BCUT2D eigenvalue weighted by molar-refractivity contribution is 5.79. The predicted molar refractivity (Wildman–Crippen MR) is 68.5 cm³/mol. The van der Waals surface area contributed by atoms with Crippen molar-refractivity contribution in [3.05, 3.63) is 23.8 Å². The number of rotatable bonds is 0. The summed E-state index contributed by atoms with van der Waals surface area (Å²) in [6, 6.07) is 0. The Morgan fingerprint density at radius 1 is 1.41 bits per heavy atom. The molecule has 17 heavy (non-hydrogen) atoms. The first kappa shape index (κ1) is 12.4. The van der Waals surface area contributed by atoms with Crippen LogP contribution in [-0.2, 0) is 9.53 Å². The fraction of sp³-hybridized carbons (Fsp3) is 0.667. The molecule has 94 valence electrons. The van der Waals surface area contributed by atoms with Crippen LogP contribution in [0.25, 0.3) is 0 Å². The smallest absolute Gasteiger partial charge is 0.312 e. The van der Waals surface area contributed by atoms with Crippen LogP contribution in [-0.4, -0.2) is 12.1 Å². The van der Waals surface area contributed by atoms with Gasteiger partial charge in [-0.3, -0.25) is 4.79 Å². The molecule has 0 unspecified atom stereocenters. The fourth-order valence-electron chi connectivity index (χ4n) is 2.89. The minimum atomic E-state index is -0.363.